The van der Waals surface area contributed by atoms with Crippen LogP contribution in [0, 0.1) is 11.3 Å². The van der Waals surface area contributed by atoms with Crippen LogP contribution >= 0.6 is 0 Å². The molecule has 0 saturated carbocycles. The smallest absolute Gasteiger partial charge is 0.227 e. The van der Waals surface area contributed by atoms with Crippen molar-refractivity contribution in [3.63, 3.8) is 0 Å². The second kappa shape index (κ2) is 6.12. The highest BCUT2D eigenvalue weighted by molar-refractivity contribution is 5.95. The molecule has 0 spiro atoms. The third-order valence-corrected chi connectivity index (χ3v) is 3.25. The van der Waals surface area contributed by atoms with Crippen LogP contribution in [0.25, 0.3) is 0 Å². The second-order valence-electron chi connectivity index (χ2n) is 5.07. The first kappa shape index (κ1) is 14.0. The van der Waals surface area contributed by atoms with Crippen LogP contribution in [-0.2, 0) is 6.54 Å². The zero-order valence-electron chi connectivity index (χ0n) is 11.7. The number of nitrogens with zero attached hydrogens (tertiary/aromatic N) is 2. The molecule has 0 aliphatic rings. The van der Waals surface area contributed by atoms with Gasteiger partial charge in [-0.2, -0.15) is 9.83 Å². The first-order chi connectivity index (χ1) is 9.60. The Balaban J connectivity index is 2.09. The molecule has 0 unspecified atom stereocenters. The summed E-state index contributed by atoms with van der Waals surface area (Å²) in [5, 5.41) is 8.73. The van der Waals surface area contributed by atoms with Gasteiger partial charge in [0.05, 0.1) is 11.6 Å². The van der Waals surface area contributed by atoms with Crippen LogP contribution in [0.3, 0.4) is 0 Å². The number of ketones is 1. The Kier molecular flexibility index (Phi) is 4.27. The van der Waals surface area contributed by atoms with E-state index in [2.05, 4.69) is 13.8 Å². The monoisotopic (exact) mass is 265 g/mol. The quantitative estimate of drug-likeness (QED) is 0.630. The molecule has 3 heteroatoms. The van der Waals surface area contributed by atoms with Gasteiger partial charge in [0.15, 0.2) is 12.4 Å². The van der Waals surface area contributed by atoms with E-state index in [0.717, 1.165) is 0 Å². The molecule has 0 bridgehead atoms. The molecule has 0 saturated heterocycles. The Labute approximate surface area is 119 Å². The second-order valence-corrected chi connectivity index (χ2v) is 5.07. The Bertz CT molecular complexity index is 634. The van der Waals surface area contributed by atoms with E-state index in [1.807, 2.05) is 35.2 Å². The van der Waals surface area contributed by atoms with Gasteiger partial charge in [0.2, 0.25) is 12.3 Å². The molecule has 0 aliphatic carbocycles. The molecule has 1 heterocycles. The summed E-state index contributed by atoms with van der Waals surface area (Å²) in [6.07, 6.45) is 3.85. The van der Waals surface area contributed by atoms with E-state index in [0.29, 0.717) is 23.6 Å². The van der Waals surface area contributed by atoms with Crippen molar-refractivity contribution in [2.45, 2.75) is 26.3 Å². The number of hydrogen-bond donors (Lipinski definition) is 0. The van der Waals surface area contributed by atoms with Crippen LogP contribution in [0.1, 0.15) is 41.3 Å². The first-order valence-corrected chi connectivity index (χ1v) is 6.62. The largest absolute Gasteiger partial charge is 0.287 e. The molecule has 1 aromatic carbocycles. The Morgan fingerprint density at radius 3 is 2.25 bits per heavy atom. The van der Waals surface area contributed by atoms with Crippen LogP contribution in [0.2, 0.25) is 0 Å². The first-order valence-electron chi connectivity index (χ1n) is 6.62. The van der Waals surface area contributed by atoms with E-state index < -0.39 is 0 Å². The summed E-state index contributed by atoms with van der Waals surface area (Å²) >= 11 is 0. The third-order valence-electron chi connectivity index (χ3n) is 3.25. The lowest BCUT2D eigenvalue weighted by atomic mass is 10.1. The number of hydrogen-bond acceptors (Lipinski definition) is 2. The summed E-state index contributed by atoms with van der Waals surface area (Å²) in [6, 6.07) is 12.8. The normalized spacial score (nSPS) is 10.3. The fourth-order valence-electron chi connectivity index (χ4n) is 1.95. The maximum atomic E-state index is 12.1. The van der Waals surface area contributed by atoms with Gasteiger partial charge in [-0.1, -0.05) is 13.8 Å². The van der Waals surface area contributed by atoms with Crippen LogP contribution < -0.4 is 4.57 Å². The topological polar surface area (TPSA) is 44.7 Å². The van der Waals surface area contributed by atoms with Gasteiger partial charge in [-0.25, -0.2) is 0 Å². The van der Waals surface area contributed by atoms with Crippen molar-refractivity contribution >= 4 is 5.78 Å². The third kappa shape index (κ3) is 3.30. The fraction of sp³-hybridized carbons (Fsp3) is 0.235. The van der Waals surface area contributed by atoms with Crippen LogP contribution in [-0.4, -0.2) is 5.78 Å². The van der Waals surface area contributed by atoms with Gasteiger partial charge in [0.1, 0.15) is 0 Å². The molecule has 0 N–H and O–H groups in total. The summed E-state index contributed by atoms with van der Waals surface area (Å²) < 4.78 is 1.87. The van der Waals surface area contributed by atoms with Crippen molar-refractivity contribution in [3.8, 4) is 6.07 Å². The number of aromatic nitrogens is 1. The van der Waals surface area contributed by atoms with Gasteiger partial charge in [-0.05, 0) is 35.7 Å². The zero-order valence-corrected chi connectivity index (χ0v) is 11.7. The lowest BCUT2D eigenvalue weighted by molar-refractivity contribution is -0.683. The maximum absolute atomic E-state index is 12.1. The zero-order chi connectivity index (χ0) is 14.5. The molecular formula is C17H17N2O+. The van der Waals surface area contributed by atoms with E-state index >= 15 is 0 Å². The van der Waals surface area contributed by atoms with Crippen molar-refractivity contribution in [2.24, 2.45) is 0 Å². The number of Topliss-reactive ketones (excluding diaryl/α,β-unsaturated/α-hetero) is 1. The summed E-state index contributed by atoms with van der Waals surface area (Å²) in [6.45, 7) is 4.59. The predicted octanol–water partition coefficient (Wildman–Crippen LogP) is 2.85. The van der Waals surface area contributed by atoms with E-state index in [1.54, 1.807) is 24.3 Å². The van der Waals surface area contributed by atoms with Crippen LogP contribution in [0.15, 0.2) is 48.8 Å². The van der Waals surface area contributed by atoms with Crippen LogP contribution in [0.5, 0.6) is 0 Å². The minimum atomic E-state index is 0.0387. The molecule has 0 aliphatic heterocycles. The van der Waals surface area contributed by atoms with Gasteiger partial charge in [-0.3, -0.25) is 4.79 Å². The Morgan fingerprint density at radius 1 is 1.15 bits per heavy atom. The number of carbonyl (C=O) groups is 1. The van der Waals surface area contributed by atoms with E-state index in [1.165, 1.54) is 5.56 Å². The SMILES string of the molecule is CC(C)c1cc[n+](CC(=O)c2ccc(C#N)cc2)cc1. The van der Waals surface area contributed by atoms with Crippen molar-refractivity contribution in [1.82, 2.24) is 0 Å². The van der Waals surface area contributed by atoms with E-state index in [-0.39, 0.29) is 5.78 Å². The predicted molar refractivity (Wildman–Crippen MR) is 76.2 cm³/mol. The van der Waals surface area contributed by atoms with Gasteiger partial charge in [0, 0.05) is 17.7 Å². The molecule has 0 atom stereocenters. The van der Waals surface area contributed by atoms with Crippen molar-refractivity contribution in [2.75, 3.05) is 0 Å². The number of nitriles is 1. The highest BCUT2D eigenvalue weighted by atomic mass is 16.1. The molecular weight excluding hydrogens is 248 g/mol. The van der Waals surface area contributed by atoms with Gasteiger partial charge in [0.25, 0.3) is 0 Å². The average Bonchev–Trinajstić information content (AvgIpc) is 2.48. The molecule has 0 fully saturated rings. The summed E-state index contributed by atoms with van der Waals surface area (Å²) in [7, 11) is 0. The molecule has 0 radical (unpaired) electrons. The van der Waals surface area contributed by atoms with E-state index in [4.69, 9.17) is 5.26 Å². The fourth-order valence-corrected chi connectivity index (χ4v) is 1.95. The summed E-state index contributed by atoms with van der Waals surface area (Å²) in [5.41, 5.74) is 2.45. The molecule has 20 heavy (non-hydrogen) atoms. The standard InChI is InChI=1S/C17H17N2O/c1-13(2)15-7-9-19(10-8-15)12-17(20)16-5-3-14(11-18)4-6-16/h3-10,13H,12H2,1-2H3/q+1. The highest BCUT2D eigenvalue weighted by Crippen LogP contribution is 2.11. The van der Waals surface area contributed by atoms with Crippen molar-refractivity contribution < 1.29 is 9.36 Å². The molecule has 3 nitrogen and oxygen atoms in total. The number of benzene rings is 1. The minimum absolute atomic E-state index is 0.0387. The molecule has 2 aromatic rings. The lowest BCUT2D eigenvalue weighted by Gasteiger charge is -2.03. The van der Waals surface area contributed by atoms with Crippen LogP contribution in [0.4, 0.5) is 0 Å². The van der Waals surface area contributed by atoms with Gasteiger partial charge < -0.3 is 0 Å². The summed E-state index contributed by atoms with van der Waals surface area (Å²) in [5.74, 6) is 0.524. The maximum Gasteiger partial charge on any atom is 0.227 e. The number of carbonyl (C=O) groups excluding carboxylic acids is 1. The van der Waals surface area contributed by atoms with Gasteiger partial charge >= 0.3 is 0 Å². The Hall–Kier alpha value is -2.47. The summed E-state index contributed by atoms with van der Waals surface area (Å²) in [4.78, 5) is 12.1. The Morgan fingerprint density at radius 2 is 1.75 bits per heavy atom. The molecule has 0 amide bonds. The highest BCUT2D eigenvalue weighted by Gasteiger charge is 2.12. The van der Waals surface area contributed by atoms with Crippen molar-refractivity contribution in [1.29, 1.82) is 5.26 Å². The lowest BCUT2D eigenvalue weighted by Crippen LogP contribution is -2.37. The molecule has 2 rings (SSSR count). The van der Waals surface area contributed by atoms with E-state index in [9.17, 15) is 4.79 Å². The average molecular weight is 265 g/mol. The molecule has 1 aromatic heterocycles. The molecule has 100 valence electrons. The minimum Gasteiger partial charge on any atom is -0.287 e. The number of pyridine rings is 1. The van der Waals surface area contributed by atoms with Crippen molar-refractivity contribution in [3.05, 3.63) is 65.5 Å². The number of rotatable bonds is 4. The van der Waals surface area contributed by atoms with Gasteiger partial charge in [-0.15, -0.1) is 0 Å².